The highest BCUT2D eigenvalue weighted by Gasteiger charge is 2.17. The second kappa shape index (κ2) is 2.52. The zero-order valence-electron chi connectivity index (χ0n) is 7.00. The van der Waals surface area contributed by atoms with Gasteiger partial charge in [-0.1, -0.05) is 0 Å². The summed E-state index contributed by atoms with van der Waals surface area (Å²) in [5.74, 6) is 0. The molecule has 0 saturated heterocycles. The van der Waals surface area contributed by atoms with Crippen LogP contribution in [0.25, 0.3) is 0 Å². The molecule has 1 aliphatic rings. The van der Waals surface area contributed by atoms with E-state index in [1.807, 2.05) is 19.9 Å². The minimum atomic E-state index is -0.257. The lowest BCUT2D eigenvalue weighted by Crippen LogP contribution is -2.20. The molecular formula is C9H9IN2. The Morgan fingerprint density at radius 3 is 2.58 bits per heavy atom. The number of nitrogens with zero attached hydrogens (tertiary/aromatic N) is 2. The number of hydrogen-bond donors (Lipinski definition) is 0. The summed E-state index contributed by atoms with van der Waals surface area (Å²) in [6, 6.07) is 6.14. The molecule has 0 aliphatic carbocycles. The summed E-state index contributed by atoms with van der Waals surface area (Å²) in [5, 5.41) is 2.03. The maximum absolute atomic E-state index is 4.47. The summed E-state index contributed by atoms with van der Waals surface area (Å²) in [7, 11) is 0. The van der Waals surface area contributed by atoms with Crippen LogP contribution >= 0.6 is 22.6 Å². The molecule has 1 aromatic carbocycles. The smallest absolute Gasteiger partial charge is 0.146 e. The molecule has 12 heavy (non-hydrogen) atoms. The molecular weight excluding hydrogens is 263 g/mol. The van der Waals surface area contributed by atoms with Crippen LogP contribution in [0.5, 0.6) is 0 Å². The van der Waals surface area contributed by atoms with E-state index in [1.54, 1.807) is 0 Å². The molecule has 0 fully saturated rings. The summed E-state index contributed by atoms with van der Waals surface area (Å²) >= 11 is 2.28. The van der Waals surface area contributed by atoms with Crippen LogP contribution in [0.15, 0.2) is 28.2 Å². The highest BCUT2D eigenvalue weighted by atomic mass is 127. The highest BCUT2D eigenvalue weighted by molar-refractivity contribution is 14.1. The topological polar surface area (TPSA) is 24.7 Å². The van der Waals surface area contributed by atoms with Gasteiger partial charge in [0.25, 0.3) is 0 Å². The molecule has 62 valence electrons. The summed E-state index contributed by atoms with van der Waals surface area (Å²) in [6.45, 7) is 4.03. The van der Waals surface area contributed by atoms with Gasteiger partial charge in [0, 0.05) is 3.57 Å². The van der Waals surface area contributed by atoms with E-state index in [-0.39, 0.29) is 5.66 Å². The molecule has 0 saturated carbocycles. The lowest BCUT2D eigenvalue weighted by Gasteiger charge is -2.06. The van der Waals surface area contributed by atoms with E-state index < -0.39 is 0 Å². The average molecular weight is 272 g/mol. The predicted octanol–water partition coefficient (Wildman–Crippen LogP) is 1.28. The van der Waals surface area contributed by atoms with Crippen molar-refractivity contribution in [1.29, 1.82) is 0 Å². The third-order valence-electron chi connectivity index (χ3n) is 1.73. The van der Waals surface area contributed by atoms with Gasteiger partial charge in [-0.15, -0.1) is 0 Å². The first-order valence-electron chi connectivity index (χ1n) is 3.82. The van der Waals surface area contributed by atoms with Crippen molar-refractivity contribution in [2.45, 2.75) is 19.5 Å². The van der Waals surface area contributed by atoms with Crippen molar-refractivity contribution in [2.24, 2.45) is 9.98 Å². The third kappa shape index (κ3) is 1.37. The van der Waals surface area contributed by atoms with Crippen LogP contribution in [0, 0.1) is 3.57 Å². The summed E-state index contributed by atoms with van der Waals surface area (Å²) < 4.78 is 1.21. The monoisotopic (exact) mass is 272 g/mol. The van der Waals surface area contributed by atoms with Gasteiger partial charge in [-0.2, -0.15) is 0 Å². The normalized spacial score (nSPS) is 17.9. The van der Waals surface area contributed by atoms with Crippen LogP contribution in [0.3, 0.4) is 0 Å². The minimum absolute atomic E-state index is 0.257. The first kappa shape index (κ1) is 8.16. The van der Waals surface area contributed by atoms with Crippen LogP contribution < -0.4 is 10.7 Å². The number of fused-ring (bicyclic) bond motifs is 1. The van der Waals surface area contributed by atoms with E-state index in [1.165, 1.54) is 3.57 Å². The molecule has 0 aromatic heterocycles. The lowest BCUT2D eigenvalue weighted by molar-refractivity contribution is 0.549. The fourth-order valence-corrected chi connectivity index (χ4v) is 1.77. The second-order valence-corrected chi connectivity index (χ2v) is 4.60. The summed E-state index contributed by atoms with van der Waals surface area (Å²) in [6.07, 6.45) is 0. The Labute approximate surface area is 84.6 Å². The van der Waals surface area contributed by atoms with E-state index in [9.17, 15) is 0 Å². The van der Waals surface area contributed by atoms with Gasteiger partial charge in [0.15, 0.2) is 0 Å². The molecule has 2 rings (SSSR count). The maximum Gasteiger partial charge on any atom is 0.146 e. The Bertz CT molecular complexity index is 434. The highest BCUT2D eigenvalue weighted by Crippen LogP contribution is 2.10. The number of hydrogen-bond acceptors (Lipinski definition) is 2. The summed E-state index contributed by atoms with van der Waals surface area (Å²) in [4.78, 5) is 8.93. The van der Waals surface area contributed by atoms with Gasteiger partial charge >= 0.3 is 0 Å². The molecule has 3 heteroatoms. The van der Waals surface area contributed by atoms with Crippen molar-refractivity contribution < 1.29 is 0 Å². The van der Waals surface area contributed by atoms with Crippen molar-refractivity contribution in [3.63, 3.8) is 0 Å². The number of rotatable bonds is 0. The Hall–Kier alpha value is -0.450. The van der Waals surface area contributed by atoms with Crippen LogP contribution in [0.1, 0.15) is 13.8 Å². The molecule has 0 radical (unpaired) electrons. The van der Waals surface area contributed by atoms with Crippen molar-refractivity contribution in [1.82, 2.24) is 0 Å². The van der Waals surface area contributed by atoms with Crippen LogP contribution in [0.4, 0.5) is 0 Å². The van der Waals surface area contributed by atoms with E-state index in [2.05, 4.69) is 44.7 Å². The molecule has 0 amide bonds. The zero-order chi connectivity index (χ0) is 8.77. The largest absolute Gasteiger partial charge is 0.254 e. The molecule has 0 spiro atoms. The van der Waals surface area contributed by atoms with Crippen molar-refractivity contribution in [3.8, 4) is 0 Å². The molecule has 0 unspecified atom stereocenters. The first-order chi connectivity index (χ1) is 5.57. The maximum atomic E-state index is 4.47. The fourth-order valence-electron chi connectivity index (χ4n) is 1.30. The second-order valence-electron chi connectivity index (χ2n) is 3.35. The van der Waals surface area contributed by atoms with E-state index in [4.69, 9.17) is 0 Å². The van der Waals surface area contributed by atoms with Crippen LogP contribution in [0.2, 0.25) is 0 Å². The first-order valence-corrected chi connectivity index (χ1v) is 4.90. The predicted molar refractivity (Wildman–Crippen MR) is 55.6 cm³/mol. The molecule has 1 aliphatic heterocycles. The quantitative estimate of drug-likeness (QED) is 0.636. The van der Waals surface area contributed by atoms with Crippen molar-refractivity contribution >= 4 is 22.6 Å². The average Bonchev–Trinajstić information content (AvgIpc) is 2.21. The molecule has 0 bridgehead atoms. The molecule has 0 N–H and O–H groups in total. The van der Waals surface area contributed by atoms with Crippen molar-refractivity contribution in [2.75, 3.05) is 0 Å². The fraction of sp³-hybridized carbons (Fsp3) is 0.333. The van der Waals surface area contributed by atoms with Gasteiger partial charge in [-0.05, 0) is 54.6 Å². The van der Waals surface area contributed by atoms with E-state index >= 15 is 0 Å². The van der Waals surface area contributed by atoms with Crippen LogP contribution in [-0.4, -0.2) is 5.66 Å². The molecule has 1 aromatic rings. The Morgan fingerprint density at radius 2 is 1.83 bits per heavy atom. The standard InChI is InChI=1S/C9H9IN2/c1-9(2)11-7-4-3-6(10)5-8(7)12-9/h3-5H,1-2H3. The van der Waals surface area contributed by atoms with Gasteiger partial charge < -0.3 is 0 Å². The SMILES string of the molecule is CC1(C)N=c2ccc(I)cc2=N1. The van der Waals surface area contributed by atoms with Crippen molar-refractivity contribution in [3.05, 3.63) is 32.5 Å². The van der Waals surface area contributed by atoms with E-state index in [0.717, 1.165) is 10.7 Å². The van der Waals surface area contributed by atoms with Gasteiger partial charge in [0.1, 0.15) is 5.66 Å². The number of halogens is 1. The Kier molecular flexibility index (Phi) is 1.71. The summed E-state index contributed by atoms with van der Waals surface area (Å²) in [5.41, 5.74) is -0.257. The van der Waals surface area contributed by atoms with Crippen LogP contribution in [-0.2, 0) is 0 Å². The molecule has 2 nitrogen and oxygen atoms in total. The van der Waals surface area contributed by atoms with Gasteiger partial charge in [0.05, 0.1) is 10.7 Å². The Balaban J connectivity index is 2.78. The molecule has 1 heterocycles. The third-order valence-corrected chi connectivity index (χ3v) is 2.40. The van der Waals surface area contributed by atoms with Gasteiger partial charge in [-0.25, -0.2) is 0 Å². The minimum Gasteiger partial charge on any atom is -0.254 e. The van der Waals surface area contributed by atoms with Gasteiger partial charge in [-0.3, -0.25) is 9.98 Å². The number of benzene rings is 1. The Morgan fingerprint density at radius 1 is 1.17 bits per heavy atom. The lowest BCUT2D eigenvalue weighted by atomic mass is 10.3. The van der Waals surface area contributed by atoms with Gasteiger partial charge in [0.2, 0.25) is 0 Å². The van der Waals surface area contributed by atoms with E-state index in [0.29, 0.717) is 0 Å². The zero-order valence-corrected chi connectivity index (χ0v) is 9.16. The molecule has 0 atom stereocenters.